The van der Waals surface area contributed by atoms with Crippen LogP contribution in [0.25, 0.3) is 11.4 Å². The lowest BCUT2D eigenvalue weighted by molar-refractivity contribution is -0.125. The molecule has 1 aliphatic heterocycles. The first-order chi connectivity index (χ1) is 14.6. The number of aliphatic hydroxyl groups excluding tert-OH is 1. The van der Waals surface area contributed by atoms with Crippen molar-refractivity contribution in [1.29, 1.82) is 0 Å². The Hall–Kier alpha value is -2.25. The van der Waals surface area contributed by atoms with Crippen molar-refractivity contribution in [1.82, 2.24) is 20.8 Å². The number of aryl methyl sites for hydroxylation is 1. The van der Waals surface area contributed by atoms with Crippen molar-refractivity contribution in [2.24, 2.45) is 0 Å². The lowest BCUT2D eigenvalue weighted by Gasteiger charge is -2.21. The third kappa shape index (κ3) is 5.89. The van der Waals surface area contributed by atoms with Gasteiger partial charge in [0.25, 0.3) is 0 Å². The minimum atomic E-state index is -0.621. The summed E-state index contributed by atoms with van der Waals surface area (Å²) in [6, 6.07) is 7.26. The van der Waals surface area contributed by atoms with Crippen LogP contribution in [0.1, 0.15) is 76.3 Å². The monoisotopic (exact) mass is 414 g/mol. The Morgan fingerprint density at radius 1 is 1.23 bits per heavy atom. The smallest absolute Gasteiger partial charge is 0.240 e. The molecular weight excluding hydrogens is 380 g/mol. The zero-order valence-electron chi connectivity index (χ0n) is 18.1. The second-order valence-corrected chi connectivity index (χ2v) is 8.06. The largest absolute Gasteiger partial charge is 0.391 e. The van der Waals surface area contributed by atoms with Gasteiger partial charge in [-0.1, -0.05) is 69.0 Å². The summed E-state index contributed by atoms with van der Waals surface area (Å²) >= 11 is 0. The highest BCUT2D eigenvalue weighted by Gasteiger charge is 2.32. The Kier molecular flexibility index (Phi) is 8.39. The number of hydrogen-bond acceptors (Lipinski definition) is 6. The number of hydrogen-bond donors (Lipinski definition) is 3. The lowest BCUT2D eigenvalue weighted by Crippen LogP contribution is -2.46. The maximum Gasteiger partial charge on any atom is 0.240 e. The Labute approximate surface area is 178 Å². The van der Waals surface area contributed by atoms with Gasteiger partial charge in [-0.15, -0.1) is 0 Å². The summed E-state index contributed by atoms with van der Waals surface area (Å²) < 4.78 is 5.40. The van der Waals surface area contributed by atoms with Gasteiger partial charge in [0.05, 0.1) is 12.1 Å². The van der Waals surface area contributed by atoms with Gasteiger partial charge in [-0.2, -0.15) is 4.98 Å². The molecule has 1 aliphatic rings. The van der Waals surface area contributed by atoms with Crippen LogP contribution in [0.5, 0.6) is 0 Å². The van der Waals surface area contributed by atoms with E-state index in [0.29, 0.717) is 24.7 Å². The summed E-state index contributed by atoms with van der Waals surface area (Å²) in [6.45, 7) is 4.91. The van der Waals surface area contributed by atoms with Crippen molar-refractivity contribution in [2.45, 2.75) is 83.4 Å². The van der Waals surface area contributed by atoms with Gasteiger partial charge in [-0.3, -0.25) is 4.79 Å². The molecule has 164 valence electrons. The molecule has 2 aromatic rings. The molecule has 7 heteroatoms. The Bertz CT molecular complexity index is 790. The molecule has 1 saturated heterocycles. The minimum absolute atomic E-state index is 0.106. The SMILES string of the molecule is CCCCCCCc1nc(-c2ccc([C@H](CC)NC(=O)C3NCC[C@@H]3O)cc2)no1. The van der Waals surface area contributed by atoms with Crippen LogP contribution in [0.4, 0.5) is 0 Å². The van der Waals surface area contributed by atoms with Gasteiger partial charge in [-0.05, 0) is 31.4 Å². The van der Waals surface area contributed by atoms with Gasteiger partial charge in [-0.25, -0.2) is 0 Å². The molecule has 0 radical (unpaired) electrons. The number of unbranched alkanes of at least 4 members (excludes halogenated alkanes) is 4. The predicted octanol–water partition coefficient (Wildman–Crippen LogP) is 3.54. The molecule has 2 heterocycles. The fraction of sp³-hybridized carbons (Fsp3) is 0.609. The molecule has 3 rings (SSSR count). The summed E-state index contributed by atoms with van der Waals surface area (Å²) in [5.41, 5.74) is 1.91. The van der Waals surface area contributed by atoms with Crippen molar-refractivity contribution >= 4 is 5.91 Å². The van der Waals surface area contributed by atoms with E-state index in [-0.39, 0.29) is 11.9 Å². The number of rotatable bonds is 11. The van der Waals surface area contributed by atoms with Crippen LogP contribution in [0, 0.1) is 0 Å². The molecule has 0 saturated carbocycles. The van der Waals surface area contributed by atoms with E-state index in [9.17, 15) is 9.90 Å². The Morgan fingerprint density at radius 3 is 2.67 bits per heavy atom. The highest BCUT2D eigenvalue weighted by atomic mass is 16.5. The zero-order chi connectivity index (χ0) is 21.3. The van der Waals surface area contributed by atoms with Gasteiger partial charge in [0.15, 0.2) is 0 Å². The van der Waals surface area contributed by atoms with Crippen molar-refractivity contribution in [2.75, 3.05) is 6.54 Å². The van der Waals surface area contributed by atoms with Crippen molar-refractivity contribution in [3.05, 3.63) is 35.7 Å². The molecule has 1 aromatic carbocycles. The van der Waals surface area contributed by atoms with E-state index >= 15 is 0 Å². The van der Waals surface area contributed by atoms with Gasteiger partial charge >= 0.3 is 0 Å². The first-order valence-corrected chi connectivity index (χ1v) is 11.3. The van der Waals surface area contributed by atoms with E-state index in [1.165, 1.54) is 25.7 Å². The number of carbonyl (C=O) groups excluding carboxylic acids is 1. The molecule has 7 nitrogen and oxygen atoms in total. The summed E-state index contributed by atoms with van der Waals surface area (Å²) in [5, 5.41) is 20.1. The molecule has 0 aliphatic carbocycles. The number of benzene rings is 1. The number of nitrogens with zero attached hydrogens (tertiary/aromatic N) is 2. The molecule has 30 heavy (non-hydrogen) atoms. The first-order valence-electron chi connectivity index (χ1n) is 11.3. The van der Waals surface area contributed by atoms with Crippen LogP contribution < -0.4 is 10.6 Å². The summed E-state index contributed by atoms with van der Waals surface area (Å²) in [5.74, 6) is 1.13. The van der Waals surface area contributed by atoms with E-state index < -0.39 is 12.1 Å². The standard InChI is InChI=1S/C23H34N4O3/c1-3-5-6-7-8-9-20-26-22(27-30-20)17-12-10-16(11-13-17)18(4-2)25-23(29)21-19(28)14-15-24-21/h10-13,18-19,21,24,28H,3-9,14-15H2,1-2H3,(H,25,29)/t18-,19-,21?/m0/s1. The number of aliphatic hydroxyl groups is 1. The summed E-state index contributed by atoms with van der Waals surface area (Å²) in [6.07, 6.45) is 7.60. The normalized spacial score (nSPS) is 19.7. The third-order valence-electron chi connectivity index (χ3n) is 5.73. The Morgan fingerprint density at radius 2 is 2.00 bits per heavy atom. The van der Waals surface area contributed by atoms with E-state index in [2.05, 4.69) is 27.7 Å². The fourth-order valence-electron chi connectivity index (χ4n) is 3.86. The molecule has 3 N–H and O–H groups in total. The van der Waals surface area contributed by atoms with Crippen LogP contribution in [0.2, 0.25) is 0 Å². The van der Waals surface area contributed by atoms with E-state index in [1.807, 2.05) is 31.2 Å². The first kappa shape index (κ1) is 22.4. The third-order valence-corrected chi connectivity index (χ3v) is 5.73. The van der Waals surface area contributed by atoms with Crippen LogP contribution in [0.15, 0.2) is 28.8 Å². The summed E-state index contributed by atoms with van der Waals surface area (Å²) in [4.78, 5) is 17.0. The highest BCUT2D eigenvalue weighted by Crippen LogP contribution is 2.23. The molecule has 1 unspecified atom stereocenters. The van der Waals surface area contributed by atoms with Gasteiger partial charge in [0, 0.05) is 12.0 Å². The fourth-order valence-corrected chi connectivity index (χ4v) is 3.86. The molecular formula is C23H34N4O3. The van der Waals surface area contributed by atoms with Gasteiger partial charge in [0.2, 0.25) is 17.6 Å². The van der Waals surface area contributed by atoms with E-state index in [0.717, 1.165) is 30.4 Å². The number of aromatic nitrogens is 2. The quantitative estimate of drug-likeness (QED) is 0.486. The molecule has 0 spiro atoms. The maximum atomic E-state index is 12.5. The van der Waals surface area contributed by atoms with Gasteiger partial charge < -0.3 is 20.3 Å². The van der Waals surface area contributed by atoms with E-state index in [4.69, 9.17) is 4.52 Å². The molecule has 1 fully saturated rings. The molecule has 0 bridgehead atoms. The van der Waals surface area contributed by atoms with Crippen molar-refractivity contribution in [3.63, 3.8) is 0 Å². The van der Waals surface area contributed by atoms with Crippen molar-refractivity contribution < 1.29 is 14.4 Å². The lowest BCUT2D eigenvalue weighted by atomic mass is 10.0. The average molecular weight is 415 g/mol. The maximum absolute atomic E-state index is 12.5. The predicted molar refractivity (Wildman–Crippen MR) is 116 cm³/mol. The van der Waals surface area contributed by atoms with E-state index in [1.54, 1.807) is 0 Å². The number of carbonyl (C=O) groups is 1. The molecule has 3 atom stereocenters. The number of nitrogens with one attached hydrogen (secondary N) is 2. The summed E-state index contributed by atoms with van der Waals surface area (Å²) in [7, 11) is 0. The molecule has 1 amide bonds. The zero-order valence-corrected chi connectivity index (χ0v) is 18.1. The second kappa shape index (κ2) is 11.2. The van der Waals surface area contributed by atoms with Crippen molar-refractivity contribution in [3.8, 4) is 11.4 Å². The number of amides is 1. The minimum Gasteiger partial charge on any atom is -0.391 e. The highest BCUT2D eigenvalue weighted by molar-refractivity contribution is 5.83. The van der Waals surface area contributed by atoms with Crippen LogP contribution in [0.3, 0.4) is 0 Å². The van der Waals surface area contributed by atoms with Crippen LogP contribution in [-0.2, 0) is 11.2 Å². The van der Waals surface area contributed by atoms with Gasteiger partial charge in [0.1, 0.15) is 6.04 Å². The Balaban J connectivity index is 1.56. The average Bonchev–Trinajstić information content (AvgIpc) is 3.41. The second-order valence-electron chi connectivity index (χ2n) is 8.06. The van der Waals surface area contributed by atoms with Crippen LogP contribution in [-0.4, -0.2) is 39.8 Å². The van der Waals surface area contributed by atoms with Crippen LogP contribution >= 0.6 is 0 Å². The molecule has 1 aromatic heterocycles. The topological polar surface area (TPSA) is 100 Å².